The van der Waals surface area contributed by atoms with Crippen molar-refractivity contribution >= 4 is 11.8 Å². The summed E-state index contributed by atoms with van der Waals surface area (Å²) in [4.78, 5) is 13.7. The Bertz CT molecular complexity index is 365. The van der Waals surface area contributed by atoms with Crippen molar-refractivity contribution in [1.82, 2.24) is 10.1 Å². The van der Waals surface area contributed by atoms with E-state index in [1.54, 1.807) is 13.0 Å². The van der Waals surface area contributed by atoms with Crippen LogP contribution in [0.5, 0.6) is 0 Å². The zero-order valence-corrected chi connectivity index (χ0v) is 11.0. The molecule has 0 aliphatic rings. The lowest BCUT2D eigenvalue weighted by Gasteiger charge is -2.19. The Morgan fingerprint density at radius 3 is 2.89 bits per heavy atom. The number of unbranched alkanes of at least 4 members (excludes halogenated alkanes) is 1. The van der Waals surface area contributed by atoms with E-state index in [-0.39, 0.29) is 19.1 Å². The smallest absolute Gasteiger partial charge is 0.240 e. The fourth-order valence-electron chi connectivity index (χ4n) is 1.60. The van der Waals surface area contributed by atoms with Crippen molar-refractivity contribution in [2.24, 2.45) is 0 Å². The van der Waals surface area contributed by atoms with Gasteiger partial charge in [0.2, 0.25) is 11.8 Å². The molecule has 1 amide bonds. The Hall–Kier alpha value is -1.40. The van der Waals surface area contributed by atoms with Gasteiger partial charge in [-0.15, -0.1) is 0 Å². The number of nitrogens with one attached hydrogen (secondary N) is 1. The first-order chi connectivity index (χ1) is 8.65. The van der Waals surface area contributed by atoms with E-state index in [1.165, 1.54) is 0 Å². The van der Waals surface area contributed by atoms with Gasteiger partial charge in [-0.1, -0.05) is 18.5 Å². The van der Waals surface area contributed by atoms with Crippen molar-refractivity contribution in [1.29, 1.82) is 0 Å². The van der Waals surface area contributed by atoms with Gasteiger partial charge in [0, 0.05) is 12.6 Å². The van der Waals surface area contributed by atoms with Crippen LogP contribution in [-0.2, 0) is 4.79 Å². The number of aliphatic hydroxyl groups is 1. The van der Waals surface area contributed by atoms with Gasteiger partial charge in [-0.05, 0) is 19.9 Å². The number of carbonyl (C=O) groups excluding carboxylic acids is 1. The van der Waals surface area contributed by atoms with Crippen LogP contribution in [0.15, 0.2) is 10.6 Å². The normalized spacial score (nSPS) is 10.9. The van der Waals surface area contributed by atoms with E-state index >= 15 is 0 Å². The molecule has 18 heavy (non-hydrogen) atoms. The van der Waals surface area contributed by atoms with Gasteiger partial charge >= 0.3 is 0 Å². The van der Waals surface area contributed by atoms with Crippen LogP contribution in [-0.4, -0.2) is 47.3 Å². The van der Waals surface area contributed by atoms with Gasteiger partial charge in [-0.3, -0.25) is 15.0 Å². The lowest BCUT2D eigenvalue weighted by Crippen LogP contribution is -2.35. The summed E-state index contributed by atoms with van der Waals surface area (Å²) in [6.45, 7) is 5.49. The minimum atomic E-state index is -0.157. The van der Waals surface area contributed by atoms with Gasteiger partial charge in [-0.25, -0.2) is 0 Å². The number of aryl methyl sites for hydroxylation is 1. The first-order valence-electron chi connectivity index (χ1n) is 6.22. The molecule has 0 spiro atoms. The summed E-state index contributed by atoms with van der Waals surface area (Å²) in [5, 5.41) is 15.3. The number of carbonyl (C=O) groups is 1. The number of hydrogen-bond acceptors (Lipinski definition) is 5. The van der Waals surface area contributed by atoms with Crippen molar-refractivity contribution in [3.05, 3.63) is 11.8 Å². The van der Waals surface area contributed by atoms with Crippen LogP contribution in [0, 0.1) is 6.92 Å². The molecule has 0 unspecified atom stereocenters. The third-order valence-electron chi connectivity index (χ3n) is 2.50. The van der Waals surface area contributed by atoms with E-state index in [1.807, 2.05) is 4.90 Å². The van der Waals surface area contributed by atoms with Gasteiger partial charge in [0.1, 0.15) is 0 Å². The molecule has 6 nitrogen and oxygen atoms in total. The van der Waals surface area contributed by atoms with Gasteiger partial charge < -0.3 is 9.63 Å². The number of amides is 1. The molecule has 1 aromatic rings. The predicted molar refractivity (Wildman–Crippen MR) is 68.3 cm³/mol. The quantitative estimate of drug-likeness (QED) is 0.725. The predicted octanol–water partition coefficient (Wildman–Crippen LogP) is 1.02. The van der Waals surface area contributed by atoms with Crippen LogP contribution in [0.4, 0.5) is 5.88 Å². The molecule has 0 saturated heterocycles. The monoisotopic (exact) mass is 255 g/mol. The SMILES string of the molecule is CCCCN(CCO)CC(=O)Nc1cc(C)no1. The maximum Gasteiger partial charge on any atom is 0.240 e. The van der Waals surface area contributed by atoms with Gasteiger partial charge in [-0.2, -0.15) is 0 Å². The molecular formula is C12H21N3O3. The zero-order chi connectivity index (χ0) is 13.4. The van der Waals surface area contributed by atoms with E-state index in [9.17, 15) is 4.79 Å². The van der Waals surface area contributed by atoms with Crippen LogP contribution in [0.2, 0.25) is 0 Å². The van der Waals surface area contributed by atoms with Crippen LogP contribution < -0.4 is 5.32 Å². The summed E-state index contributed by atoms with van der Waals surface area (Å²) in [6, 6.07) is 1.67. The van der Waals surface area contributed by atoms with Crippen LogP contribution >= 0.6 is 0 Å². The van der Waals surface area contributed by atoms with E-state index in [0.717, 1.165) is 25.1 Å². The molecule has 0 atom stereocenters. The van der Waals surface area contributed by atoms with Crippen molar-refractivity contribution in [3.63, 3.8) is 0 Å². The highest BCUT2D eigenvalue weighted by Crippen LogP contribution is 2.08. The number of anilines is 1. The third kappa shape index (κ3) is 5.29. The molecular weight excluding hydrogens is 234 g/mol. The Kier molecular flexibility index (Phi) is 6.38. The summed E-state index contributed by atoms with van der Waals surface area (Å²) < 4.78 is 4.91. The summed E-state index contributed by atoms with van der Waals surface area (Å²) >= 11 is 0. The molecule has 0 radical (unpaired) electrons. The molecule has 0 aromatic carbocycles. The number of rotatable bonds is 8. The number of aliphatic hydroxyl groups excluding tert-OH is 1. The highest BCUT2D eigenvalue weighted by molar-refractivity contribution is 5.90. The van der Waals surface area contributed by atoms with Crippen molar-refractivity contribution in [3.8, 4) is 0 Å². The molecule has 2 N–H and O–H groups in total. The second kappa shape index (κ2) is 7.84. The first kappa shape index (κ1) is 14.7. The number of hydrogen-bond donors (Lipinski definition) is 2. The molecule has 1 rings (SSSR count). The van der Waals surface area contributed by atoms with E-state index < -0.39 is 0 Å². The van der Waals surface area contributed by atoms with Crippen molar-refractivity contribution < 1.29 is 14.4 Å². The van der Waals surface area contributed by atoms with Gasteiger partial charge in [0.15, 0.2) is 0 Å². The van der Waals surface area contributed by atoms with Crippen molar-refractivity contribution in [2.45, 2.75) is 26.7 Å². The van der Waals surface area contributed by atoms with Gasteiger partial charge in [0.25, 0.3) is 0 Å². The Labute approximate surface area is 107 Å². The first-order valence-corrected chi connectivity index (χ1v) is 6.22. The third-order valence-corrected chi connectivity index (χ3v) is 2.50. The fraction of sp³-hybridized carbons (Fsp3) is 0.667. The molecule has 1 heterocycles. The van der Waals surface area contributed by atoms with E-state index in [2.05, 4.69) is 17.4 Å². The second-order valence-electron chi connectivity index (χ2n) is 4.23. The van der Waals surface area contributed by atoms with Crippen LogP contribution in [0.1, 0.15) is 25.5 Å². The lowest BCUT2D eigenvalue weighted by molar-refractivity contribution is -0.117. The topological polar surface area (TPSA) is 78.6 Å². The molecule has 0 saturated carbocycles. The Balaban J connectivity index is 2.40. The molecule has 0 bridgehead atoms. The maximum absolute atomic E-state index is 11.7. The van der Waals surface area contributed by atoms with Crippen LogP contribution in [0.25, 0.3) is 0 Å². The molecule has 102 valence electrons. The lowest BCUT2D eigenvalue weighted by atomic mass is 10.3. The average molecular weight is 255 g/mol. The highest BCUT2D eigenvalue weighted by Gasteiger charge is 2.11. The summed E-state index contributed by atoms with van der Waals surface area (Å²) in [5.41, 5.74) is 0.725. The Morgan fingerprint density at radius 1 is 1.56 bits per heavy atom. The minimum Gasteiger partial charge on any atom is -0.395 e. The van der Waals surface area contributed by atoms with Crippen molar-refractivity contribution in [2.75, 3.05) is 31.6 Å². The average Bonchev–Trinajstić information content (AvgIpc) is 2.71. The van der Waals surface area contributed by atoms with E-state index in [4.69, 9.17) is 9.63 Å². The molecule has 0 aliphatic carbocycles. The van der Waals surface area contributed by atoms with Crippen LogP contribution in [0.3, 0.4) is 0 Å². The summed E-state index contributed by atoms with van der Waals surface area (Å²) in [7, 11) is 0. The molecule has 0 fully saturated rings. The Morgan fingerprint density at radius 2 is 2.33 bits per heavy atom. The minimum absolute atomic E-state index is 0.0540. The largest absolute Gasteiger partial charge is 0.395 e. The molecule has 0 aliphatic heterocycles. The number of aromatic nitrogens is 1. The molecule has 1 aromatic heterocycles. The fourth-order valence-corrected chi connectivity index (χ4v) is 1.60. The van der Waals surface area contributed by atoms with E-state index in [0.29, 0.717) is 12.4 Å². The maximum atomic E-state index is 11.7. The zero-order valence-electron chi connectivity index (χ0n) is 11.0. The van der Waals surface area contributed by atoms with Gasteiger partial charge in [0.05, 0.1) is 18.8 Å². The summed E-state index contributed by atoms with van der Waals surface area (Å²) in [5.74, 6) is 0.202. The highest BCUT2D eigenvalue weighted by atomic mass is 16.5. The molecule has 6 heteroatoms. The number of nitrogens with zero attached hydrogens (tertiary/aromatic N) is 2. The summed E-state index contributed by atoms with van der Waals surface area (Å²) in [6.07, 6.45) is 2.07. The second-order valence-corrected chi connectivity index (χ2v) is 4.23. The standard InChI is InChI=1S/C12H21N3O3/c1-3-4-5-15(6-7-16)9-11(17)13-12-8-10(2)14-18-12/h8,16H,3-7,9H2,1-2H3,(H,13,17).